The van der Waals surface area contributed by atoms with Gasteiger partial charge in [-0.25, -0.2) is 10.8 Å². The van der Waals surface area contributed by atoms with Crippen molar-refractivity contribution in [3.63, 3.8) is 0 Å². The molecule has 0 amide bonds. The van der Waals surface area contributed by atoms with E-state index in [9.17, 15) is 0 Å². The summed E-state index contributed by atoms with van der Waals surface area (Å²) in [5.74, 6) is 6.60. The molecule has 0 fully saturated rings. The van der Waals surface area contributed by atoms with Crippen LogP contribution in [-0.2, 0) is 0 Å². The predicted octanol–water partition coefficient (Wildman–Crippen LogP) is -0.0274. The summed E-state index contributed by atoms with van der Waals surface area (Å²) >= 11 is 0. The van der Waals surface area contributed by atoms with E-state index in [-0.39, 0.29) is 12.0 Å². The van der Waals surface area contributed by atoms with Crippen LogP contribution in [0.5, 0.6) is 0 Å². The van der Waals surface area contributed by atoms with Crippen molar-refractivity contribution in [2.45, 2.75) is 26.8 Å². The second-order valence-electron chi connectivity index (χ2n) is 4.12. The Morgan fingerprint density at radius 3 is 2.68 bits per heavy atom. The predicted molar refractivity (Wildman–Crippen MR) is 70.7 cm³/mol. The standard InChI is InChI=1S/C10H17N9/c1-4-18(7(2)3)9-14-8(17-11)15-10(16-9)19-6-12-5-13-19/h5-7H,4,11H2,1-3H3,(H,14,15,16,17). The van der Waals surface area contributed by atoms with Gasteiger partial charge in [0, 0.05) is 12.6 Å². The van der Waals surface area contributed by atoms with Crippen molar-refractivity contribution in [1.82, 2.24) is 29.7 Å². The Hall–Kier alpha value is -2.29. The zero-order valence-corrected chi connectivity index (χ0v) is 11.1. The lowest BCUT2D eigenvalue weighted by atomic mass is 10.3. The van der Waals surface area contributed by atoms with E-state index in [2.05, 4.69) is 44.3 Å². The summed E-state index contributed by atoms with van der Waals surface area (Å²) in [6.07, 6.45) is 2.93. The average Bonchev–Trinajstić information content (AvgIpc) is 2.92. The second kappa shape index (κ2) is 5.57. The quantitative estimate of drug-likeness (QED) is 0.571. The number of rotatable bonds is 5. The number of nitrogen functional groups attached to an aromatic ring is 1. The van der Waals surface area contributed by atoms with Crippen LogP contribution in [0.2, 0.25) is 0 Å². The van der Waals surface area contributed by atoms with Crippen LogP contribution >= 0.6 is 0 Å². The Kier molecular flexibility index (Phi) is 3.85. The van der Waals surface area contributed by atoms with Crippen molar-refractivity contribution in [1.29, 1.82) is 0 Å². The van der Waals surface area contributed by atoms with Gasteiger partial charge in [-0.3, -0.25) is 5.43 Å². The Balaban J connectivity index is 2.47. The molecule has 2 heterocycles. The molecule has 2 aromatic heterocycles. The van der Waals surface area contributed by atoms with Gasteiger partial charge in [0.2, 0.25) is 11.9 Å². The van der Waals surface area contributed by atoms with E-state index in [0.717, 1.165) is 6.54 Å². The van der Waals surface area contributed by atoms with Crippen LogP contribution in [0.3, 0.4) is 0 Å². The van der Waals surface area contributed by atoms with E-state index in [4.69, 9.17) is 5.84 Å². The Morgan fingerprint density at radius 1 is 1.37 bits per heavy atom. The molecule has 0 aliphatic rings. The molecule has 0 spiro atoms. The van der Waals surface area contributed by atoms with Crippen molar-refractivity contribution in [3.05, 3.63) is 12.7 Å². The third-order valence-corrected chi connectivity index (χ3v) is 2.59. The van der Waals surface area contributed by atoms with E-state index in [1.165, 1.54) is 17.3 Å². The van der Waals surface area contributed by atoms with E-state index >= 15 is 0 Å². The minimum absolute atomic E-state index is 0.265. The fraction of sp³-hybridized carbons (Fsp3) is 0.500. The van der Waals surface area contributed by atoms with Gasteiger partial charge in [0.15, 0.2) is 0 Å². The van der Waals surface area contributed by atoms with Gasteiger partial charge in [0.05, 0.1) is 0 Å². The smallest absolute Gasteiger partial charge is 0.258 e. The number of nitrogens with zero attached hydrogens (tertiary/aromatic N) is 7. The number of nitrogens with two attached hydrogens (primary N) is 1. The van der Waals surface area contributed by atoms with Crippen LogP contribution in [0.4, 0.5) is 11.9 Å². The first-order valence-electron chi connectivity index (χ1n) is 6.00. The van der Waals surface area contributed by atoms with Gasteiger partial charge < -0.3 is 4.90 Å². The maximum absolute atomic E-state index is 5.39. The van der Waals surface area contributed by atoms with Crippen molar-refractivity contribution in [2.24, 2.45) is 5.84 Å². The molecule has 0 radical (unpaired) electrons. The van der Waals surface area contributed by atoms with Crippen molar-refractivity contribution in [3.8, 4) is 5.95 Å². The summed E-state index contributed by atoms with van der Waals surface area (Å²) < 4.78 is 1.46. The number of anilines is 2. The first kappa shape index (κ1) is 13.1. The van der Waals surface area contributed by atoms with Gasteiger partial charge in [-0.2, -0.15) is 24.7 Å². The molecule has 0 bridgehead atoms. The minimum Gasteiger partial charge on any atom is -0.338 e. The number of nitrogens with one attached hydrogen (secondary N) is 1. The highest BCUT2D eigenvalue weighted by Gasteiger charge is 2.15. The molecular formula is C10H17N9. The van der Waals surface area contributed by atoms with E-state index in [0.29, 0.717) is 11.9 Å². The molecule has 2 aromatic rings. The summed E-state index contributed by atoms with van der Waals surface area (Å²) in [6.45, 7) is 6.95. The molecule has 0 saturated heterocycles. The third-order valence-electron chi connectivity index (χ3n) is 2.59. The van der Waals surface area contributed by atoms with E-state index < -0.39 is 0 Å². The lowest BCUT2D eigenvalue weighted by molar-refractivity contribution is 0.671. The lowest BCUT2D eigenvalue weighted by Crippen LogP contribution is -2.33. The summed E-state index contributed by atoms with van der Waals surface area (Å²) in [7, 11) is 0. The average molecular weight is 263 g/mol. The largest absolute Gasteiger partial charge is 0.338 e. The first-order chi connectivity index (χ1) is 9.15. The highest BCUT2D eigenvalue weighted by Crippen LogP contribution is 2.14. The van der Waals surface area contributed by atoms with Gasteiger partial charge in [-0.05, 0) is 20.8 Å². The first-order valence-corrected chi connectivity index (χ1v) is 6.00. The van der Waals surface area contributed by atoms with Crippen LogP contribution in [0, 0.1) is 0 Å². The molecule has 0 aromatic carbocycles. The minimum atomic E-state index is 0.265. The Morgan fingerprint density at radius 2 is 2.16 bits per heavy atom. The van der Waals surface area contributed by atoms with Gasteiger partial charge in [0.1, 0.15) is 12.7 Å². The summed E-state index contributed by atoms with van der Waals surface area (Å²) in [4.78, 5) is 18.7. The molecule has 9 heteroatoms. The second-order valence-corrected chi connectivity index (χ2v) is 4.12. The highest BCUT2D eigenvalue weighted by molar-refractivity contribution is 5.39. The van der Waals surface area contributed by atoms with E-state index in [1.807, 2.05) is 11.8 Å². The summed E-state index contributed by atoms with van der Waals surface area (Å²) in [6, 6.07) is 0.265. The van der Waals surface area contributed by atoms with Crippen molar-refractivity contribution >= 4 is 11.9 Å². The summed E-state index contributed by atoms with van der Waals surface area (Å²) in [5, 5.41) is 4.00. The molecule has 0 saturated carbocycles. The van der Waals surface area contributed by atoms with Gasteiger partial charge in [-0.15, -0.1) is 0 Å². The lowest BCUT2D eigenvalue weighted by Gasteiger charge is -2.25. The monoisotopic (exact) mass is 263 g/mol. The van der Waals surface area contributed by atoms with Crippen LogP contribution in [0.1, 0.15) is 20.8 Å². The molecule has 9 nitrogen and oxygen atoms in total. The van der Waals surface area contributed by atoms with Crippen LogP contribution in [0.25, 0.3) is 5.95 Å². The maximum Gasteiger partial charge on any atom is 0.258 e. The van der Waals surface area contributed by atoms with Crippen LogP contribution in [-0.4, -0.2) is 42.3 Å². The highest BCUT2D eigenvalue weighted by atomic mass is 15.4. The molecule has 0 aliphatic carbocycles. The third kappa shape index (κ3) is 2.76. The Labute approximate surface area is 110 Å². The van der Waals surface area contributed by atoms with Crippen molar-refractivity contribution < 1.29 is 0 Å². The molecule has 19 heavy (non-hydrogen) atoms. The fourth-order valence-corrected chi connectivity index (χ4v) is 1.70. The number of hydrogen-bond donors (Lipinski definition) is 2. The van der Waals surface area contributed by atoms with E-state index in [1.54, 1.807) is 0 Å². The molecule has 0 atom stereocenters. The normalized spacial score (nSPS) is 10.8. The van der Waals surface area contributed by atoms with Crippen molar-refractivity contribution in [2.75, 3.05) is 16.9 Å². The van der Waals surface area contributed by atoms with Gasteiger partial charge in [0.25, 0.3) is 5.95 Å². The molecule has 0 aliphatic heterocycles. The van der Waals surface area contributed by atoms with Gasteiger partial charge in [-0.1, -0.05) is 0 Å². The fourth-order valence-electron chi connectivity index (χ4n) is 1.70. The molecule has 3 N–H and O–H groups in total. The number of aromatic nitrogens is 6. The summed E-state index contributed by atoms with van der Waals surface area (Å²) in [5.41, 5.74) is 2.44. The SMILES string of the molecule is CCN(c1nc(NN)nc(-n2cncn2)n1)C(C)C. The molecule has 2 rings (SSSR count). The Bertz CT molecular complexity index is 522. The molecular weight excluding hydrogens is 246 g/mol. The van der Waals surface area contributed by atoms with Gasteiger partial charge >= 0.3 is 0 Å². The zero-order chi connectivity index (χ0) is 13.8. The maximum atomic E-state index is 5.39. The number of hydrogen-bond acceptors (Lipinski definition) is 8. The molecule has 0 unspecified atom stereocenters. The van der Waals surface area contributed by atoms with Crippen LogP contribution < -0.4 is 16.2 Å². The topological polar surface area (TPSA) is 111 Å². The number of hydrazine groups is 1. The van der Waals surface area contributed by atoms with Crippen LogP contribution in [0.15, 0.2) is 12.7 Å². The molecule has 102 valence electrons. The zero-order valence-electron chi connectivity index (χ0n) is 11.1.